The molecule has 0 radical (unpaired) electrons. The lowest BCUT2D eigenvalue weighted by Gasteiger charge is -2.06. The highest BCUT2D eigenvalue weighted by Crippen LogP contribution is 2.18. The van der Waals surface area contributed by atoms with Gasteiger partial charge in [-0.1, -0.05) is 19.8 Å². The highest BCUT2D eigenvalue weighted by Gasteiger charge is 2.10. The molecule has 1 aliphatic carbocycles. The van der Waals surface area contributed by atoms with Crippen LogP contribution >= 0.6 is 0 Å². The lowest BCUT2D eigenvalue weighted by atomic mass is 9.99. The van der Waals surface area contributed by atoms with Crippen LogP contribution in [0, 0.1) is 0 Å². The summed E-state index contributed by atoms with van der Waals surface area (Å²) in [5, 5.41) is 4.60. The topological polar surface area (TPSA) is 29.9 Å². The van der Waals surface area contributed by atoms with E-state index >= 15 is 0 Å². The maximum Gasteiger partial charge on any atom is 0.0677 e. The molecule has 0 unspecified atom stereocenters. The SMILES string of the molecule is CCCNn1cc2c(n1)CCCCCC2. The van der Waals surface area contributed by atoms with Gasteiger partial charge in [0, 0.05) is 6.54 Å². The van der Waals surface area contributed by atoms with Gasteiger partial charge in [0.25, 0.3) is 0 Å². The third-order valence-corrected chi connectivity index (χ3v) is 3.01. The van der Waals surface area contributed by atoms with E-state index in [1.165, 1.54) is 43.4 Å². The average Bonchev–Trinajstić information content (AvgIpc) is 2.57. The summed E-state index contributed by atoms with van der Waals surface area (Å²) >= 11 is 0. The van der Waals surface area contributed by atoms with Crippen molar-refractivity contribution in [1.82, 2.24) is 9.89 Å². The summed E-state index contributed by atoms with van der Waals surface area (Å²) in [4.78, 5) is 1.92. The molecule has 1 aliphatic rings. The number of aromatic nitrogens is 2. The monoisotopic (exact) mass is 207 g/mol. The van der Waals surface area contributed by atoms with Gasteiger partial charge in [-0.05, 0) is 37.7 Å². The van der Waals surface area contributed by atoms with Gasteiger partial charge in [0.05, 0.1) is 11.9 Å². The molecule has 0 aromatic carbocycles. The molecule has 0 bridgehead atoms. The van der Waals surface area contributed by atoms with Crippen molar-refractivity contribution in [3.05, 3.63) is 17.5 Å². The smallest absolute Gasteiger partial charge is 0.0677 e. The second-order valence-corrected chi connectivity index (χ2v) is 4.37. The lowest BCUT2D eigenvalue weighted by molar-refractivity contribution is 0.608. The highest BCUT2D eigenvalue weighted by molar-refractivity contribution is 5.18. The number of hydrogen-bond donors (Lipinski definition) is 1. The third-order valence-electron chi connectivity index (χ3n) is 3.01. The largest absolute Gasteiger partial charge is 0.310 e. The fourth-order valence-electron chi connectivity index (χ4n) is 2.13. The molecule has 1 aromatic heterocycles. The van der Waals surface area contributed by atoms with Gasteiger partial charge in [-0.3, -0.25) is 0 Å². The first-order chi connectivity index (χ1) is 7.40. The van der Waals surface area contributed by atoms with Crippen molar-refractivity contribution in [3.8, 4) is 0 Å². The van der Waals surface area contributed by atoms with Gasteiger partial charge in [0.2, 0.25) is 0 Å². The molecule has 0 spiro atoms. The van der Waals surface area contributed by atoms with Crippen molar-refractivity contribution in [3.63, 3.8) is 0 Å². The van der Waals surface area contributed by atoms with Gasteiger partial charge >= 0.3 is 0 Å². The molecule has 1 heterocycles. The molecule has 1 N–H and O–H groups in total. The van der Waals surface area contributed by atoms with E-state index in [0.29, 0.717) is 0 Å². The second-order valence-electron chi connectivity index (χ2n) is 4.37. The predicted octanol–water partition coefficient (Wildman–Crippen LogP) is 2.50. The van der Waals surface area contributed by atoms with Crippen molar-refractivity contribution in [2.75, 3.05) is 12.0 Å². The molecule has 0 amide bonds. The minimum absolute atomic E-state index is 1.00. The van der Waals surface area contributed by atoms with Crippen molar-refractivity contribution in [2.45, 2.75) is 51.9 Å². The molecule has 84 valence electrons. The molecule has 3 nitrogen and oxygen atoms in total. The van der Waals surface area contributed by atoms with E-state index in [4.69, 9.17) is 0 Å². The average molecular weight is 207 g/mol. The Kier molecular flexibility index (Phi) is 3.64. The normalized spacial score (nSPS) is 16.6. The molecule has 1 aromatic rings. The Balaban J connectivity index is 2.06. The Morgan fingerprint density at radius 1 is 1.27 bits per heavy atom. The highest BCUT2D eigenvalue weighted by atomic mass is 15.5. The zero-order valence-corrected chi connectivity index (χ0v) is 9.63. The zero-order valence-electron chi connectivity index (χ0n) is 9.63. The van der Waals surface area contributed by atoms with Crippen LogP contribution in [-0.2, 0) is 12.8 Å². The number of aryl methyl sites for hydroxylation is 2. The van der Waals surface area contributed by atoms with Crippen molar-refractivity contribution in [2.24, 2.45) is 0 Å². The van der Waals surface area contributed by atoms with Gasteiger partial charge in [-0.2, -0.15) is 9.89 Å². The van der Waals surface area contributed by atoms with Crippen LogP contribution in [0.4, 0.5) is 0 Å². The van der Waals surface area contributed by atoms with Crippen LogP contribution in [0.1, 0.15) is 50.3 Å². The van der Waals surface area contributed by atoms with Crippen LogP contribution in [0.2, 0.25) is 0 Å². The summed E-state index contributed by atoms with van der Waals surface area (Å²) in [6.07, 6.45) is 11.1. The van der Waals surface area contributed by atoms with Gasteiger partial charge in [0.15, 0.2) is 0 Å². The zero-order chi connectivity index (χ0) is 10.5. The molecule has 0 saturated carbocycles. The first-order valence-electron chi connectivity index (χ1n) is 6.21. The summed E-state index contributed by atoms with van der Waals surface area (Å²) in [6, 6.07) is 0. The van der Waals surface area contributed by atoms with Crippen molar-refractivity contribution in [1.29, 1.82) is 0 Å². The summed E-state index contributed by atoms with van der Waals surface area (Å²) in [5.74, 6) is 0. The Bertz CT molecular complexity index is 278. The number of nitrogens with one attached hydrogen (secondary N) is 1. The van der Waals surface area contributed by atoms with Crippen LogP contribution in [0.5, 0.6) is 0 Å². The summed E-state index contributed by atoms with van der Waals surface area (Å²) < 4.78 is 0. The van der Waals surface area contributed by atoms with Crippen LogP contribution in [-0.4, -0.2) is 16.4 Å². The standard InChI is InChI=1S/C12H21N3/c1-2-9-13-15-10-11-7-5-3-4-6-8-12(11)14-15/h10,13H,2-9H2,1H3. The number of fused-ring (bicyclic) bond motifs is 1. The Morgan fingerprint density at radius 2 is 2.07 bits per heavy atom. The first kappa shape index (κ1) is 10.5. The minimum atomic E-state index is 1.00. The van der Waals surface area contributed by atoms with Gasteiger partial charge < -0.3 is 5.43 Å². The molecular weight excluding hydrogens is 186 g/mol. The summed E-state index contributed by atoms with van der Waals surface area (Å²) in [6.45, 7) is 3.17. The predicted molar refractivity (Wildman–Crippen MR) is 62.6 cm³/mol. The molecule has 0 aliphatic heterocycles. The van der Waals surface area contributed by atoms with E-state index in [1.807, 2.05) is 4.79 Å². The van der Waals surface area contributed by atoms with Crippen LogP contribution in [0.25, 0.3) is 0 Å². The maximum atomic E-state index is 4.60. The molecule has 0 saturated heterocycles. The fourth-order valence-corrected chi connectivity index (χ4v) is 2.13. The maximum absolute atomic E-state index is 4.60. The van der Waals surface area contributed by atoms with Gasteiger partial charge in [0.1, 0.15) is 0 Å². The second kappa shape index (κ2) is 5.19. The van der Waals surface area contributed by atoms with Crippen LogP contribution in [0.3, 0.4) is 0 Å². The van der Waals surface area contributed by atoms with E-state index in [2.05, 4.69) is 23.6 Å². The van der Waals surface area contributed by atoms with Crippen LogP contribution in [0.15, 0.2) is 6.20 Å². The molecule has 3 heteroatoms. The van der Waals surface area contributed by atoms with E-state index < -0.39 is 0 Å². The van der Waals surface area contributed by atoms with Gasteiger partial charge in [-0.15, -0.1) is 0 Å². The van der Waals surface area contributed by atoms with Gasteiger partial charge in [-0.25, -0.2) is 0 Å². The number of rotatable bonds is 3. The molecular formula is C12H21N3. The Labute approximate surface area is 91.8 Å². The van der Waals surface area contributed by atoms with Crippen molar-refractivity contribution >= 4 is 0 Å². The molecule has 2 rings (SSSR count). The number of hydrogen-bond acceptors (Lipinski definition) is 2. The van der Waals surface area contributed by atoms with E-state index in [9.17, 15) is 0 Å². The lowest BCUT2D eigenvalue weighted by Crippen LogP contribution is -2.16. The Morgan fingerprint density at radius 3 is 2.87 bits per heavy atom. The fraction of sp³-hybridized carbons (Fsp3) is 0.750. The van der Waals surface area contributed by atoms with E-state index in [-0.39, 0.29) is 0 Å². The summed E-state index contributed by atoms with van der Waals surface area (Å²) in [5.41, 5.74) is 6.07. The Hall–Kier alpha value is -0.990. The molecule has 15 heavy (non-hydrogen) atoms. The molecule has 0 fully saturated rings. The van der Waals surface area contributed by atoms with Crippen molar-refractivity contribution < 1.29 is 0 Å². The van der Waals surface area contributed by atoms with E-state index in [1.54, 1.807) is 0 Å². The van der Waals surface area contributed by atoms with E-state index in [0.717, 1.165) is 19.4 Å². The molecule has 0 atom stereocenters. The quantitative estimate of drug-likeness (QED) is 0.825. The number of nitrogens with zero attached hydrogens (tertiary/aromatic N) is 2. The first-order valence-corrected chi connectivity index (χ1v) is 6.21. The minimum Gasteiger partial charge on any atom is -0.310 e. The summed E-state index contributed by atoms with van der Waals surface area (Å²) in [7, 11) is 0. The third kappa shape index (κ3) is 2.74. The van der Waals surface area contributed by atoms with Crippen LogP contribution < -0.4 is 5.43 Å².